The zero-order valence-electron chi connectivity index (χ0n) is 8.90. The Morgan fingerprint density at radius 2 is 1.58 bits per heavy atom. The molecule has 0 spiro atoms. The van der Waals surface area contributed by atoms with Crippen molar-refractivity contribution in [1.82, 2.24) is 4.90 Å². The fourth-order valence-electron chi connectivity index (χ4n) is 1.81. The van der Waals surface area contributed by atoms with Gasteiger partial charge in [-0.3, -0.25) is 0 Å². The molecule has 0 aromatic carbocycles. The van der Waals surface area contributed by atoms with Crippen LogP contribution in [0.5, 0.6) is 0 Å². The van der Waals surface area contributed by atoms with Crippen LogP contribution in [0.2, 0.25) is 0 Å². The fourth-order valence-corrected chi connectivity index (χ4v) is 1.81. The normalized spacial score (nSPS) is 20.0. The quantitative estimate of drug-likeness (QED) is 0.591. The molecule has 1 heteroatoms. The van der Waals surface area contributed by atoms with E-state index in [9.17, 15) is 0 Å². The average Bonchev–Trinajstić information content (AvgIpc) is 2.69. The molecule has 1 aliphatic rings. The van der Waals surface area contributed by atoms with Crippen LogP contribution in [0.1, 0.15) is 46.5 Å². The van der Waals surface area contributed by atoms with Crippen LogP contribution in [0.25, 0.3) is 0 Å². The second-order valence-corrected chi connectivity index (χ2v) is 4.59. The summed E-state index contributed by atoms with van der Waals surface area (Å²) in [5, 5.41) is 0. The van der Waals surface area contributed by atoms with Gasteiger partial charge >= 0.3 is 0 Å². The molecule has 1 rings (SSSR count). The van der Waals surface area contributed by atoms with Crippen molar-refractivity contribution in [3.05, 3.63) is 0 Å². The summed E-state index contributed by atoms with van der Waals surface area (Å²) in [7, 11) is 0. The van der Waals surface area contributed by atoms with E-state index in [1.54, 1.807) is 0 Å². The van der Waals surface area contributed by atoms with Gasteiger partial charge in [-0.2, -0.15) is 0 Å². The van der Waals surface area contributed by atoms with E-state index in [0.29, 0.717) is 5.41 Å². The molecule has 1 aliphatic carbocycles. The number of rotatable bonds is 6. The van der Waals surface area contributed by atoms with Crippen molar-refractivity contribution in [2.24, 2.45) is 5.41 Å². The highest BCUT2D eigenvalue weighted by atomic mass is 15.1. The Labute approximate surface area is 77.1 Å². The molecule has 0 N–H and O–H groups in total. The topological polar surface area (TPSA) is 3.24 Å². The van der Waals surface area contributed by atoms with Crippen molar-refractivity contribution in [3.8, 4) is 0 Å². The molecule has 0 bridgehead atoms. The Morgan fingerprint density at radius 3 is 1.92 bits per heavy atom. The highest BCUT2D eigenvalue weighted by Gasteiger charge is 2.38. The van der Waals surface area contributed by atoms with Gasteiger partial charge in [-0.25, -0.2) is 0 Å². The monoisotopic (exact) mass is 169 g/mol. The van der Waals surface area contributed by atoms with Crippen LogP contribution in [0.15, 0.2) is 0 Å². The van der Waals surface area contributed by atoms with Gasteiger partial charge < -0.3 is 4.90 Å². The number of hydrogen-bond acceptors (Lipinski definition) is 1. The molecular weight excluding hydrogens is 146 g/mol. The zero-order chi connectivity index (χ0) is 9.03. The van der Waals surface area contributed by atoms with E-state index >= 15 is 0 Å². The summed E-state index contributed by atoms with van der Waals surface area (Å²) in [4.78, 5) is 2.63. The minimum Gasteiger partial charge on any atom is -0.303 e. The highest BCUT2D eigenvalue weighted by Crippen LogP contribution is 2.45. The lowest BCUT2D eigenvalue weighted by Crippen LogP contribution is -2.30. The van der Waals surface area contributed by atoms with Crippen molar-refractivity contribution >= 4 is 0 Å². The van der Waals surface area contributed by atoms with Crippen LogP contribution in [-0.4, -0.2) is 24.5 Å². The summed E-state index contributed by atoms with van der Waals surface area (Å²) in [5.41, 5.74) is 0.699. The van der Waals surface area contributed by atoms with Gasteiger partial charge in [0.2, 0.25) is 0 Å². The Hall–Kier alpha value is -0.0400. The maximum atomic E-state index is 2.63. The molecule has 0 heterocycles. The molecule has 12 heavy (non-hydrogen) atoms. The van der Waals surface area contributed by atoms with E-state index in [1.165, 1.54) is 45.3 Å². The lowest BCUT2D eigenvalue weighted by atomic mass is 10.1. The minimum atomic E-state index is 0.699. The summed E-state index contributed by atoms with van der Waals surface area (Å²) in [6.45, 7) is 10.9. The van der Waals surface area contributed by atoms with Gasteiger partial charge in [0.25, 0.3) is 0 Å². The first-order chi connectivity index (χ1) is 5.70. The van der Waals surface area contributed by atoms with Crippen molar-refractivity contribution < 1.29 is 0 Å². The molecular formula is C11H23N. The fraction of sp³-hybridized carbons (Fsp3) is 1.00. The largest absolute Gasteiger partial charge is 0.303 e. The van der Waals surface area contributed by atoms with Crippen LogP contribution in [0.3, 0.4) is 0 Å². The predicted octanol–water partition coefficient (Wildman–Crippen LogP) is 2.91. The minimum absolute atomic E-state index is 0.699. The average molecular weight is 169 g/mol. The van der Waals surface area contributed by atoms with Crippen molar-refractivity contribution in [2.45, 2.75) is 46.5 Å². The molecule has 0 aromatic rings. The third-order valence-corrected chi connectivity index (χ3v) is 2.79. The first-order valence-corrected chi connectivity index (χ1v) is 5.42. The molecule has 0 saturated heterocycles. The van der Waals surface area contributed by atoms with E-state index in [2.05, 4.69) is 25.7 Å². The lowest BCUT2D eigenvalue weighted by Gasteiger charge is -2.24. The standard InChI is InChI=1S/C11H23N/c1-4-8-12(9-5-2)10-11(3)6-7-11/h4-10H2,1-3H3. The molecule has 0 unspecified atom stereocenters. The van der Waals surface area contributed by atoms with Crippen LogP contribution in [-0.2, 0) is 0 Å². The van der Waals surface area contributed by atoms with Gasteiger partial charge in [-0.15, -0.1) is 0 Å². The van der Waals surface area contributed by atoms with Crippen LogP contribution >= 0.6 is 0 Å². The van der Waals surface area contributed by atoms with Crippen LogP contribution in [0, 0.1) is 5.41 Å². The summed E-state index contributed by atoms with van der Waals surface area (Å²) >= 11 is 0. The number of hydrogen-bond donors (Lipinski definition) is 0. The maximum absolute atomic E-state index is 2.63. The summed E-state index contributed by atoms with van der Waals surface area (Å²) in [5.74, 6) is 0. The predicted molar refractivity (Wildman–Crippen MR) is 54.4 cm³/mol. The maximum Gasteiger partial charge on any atom is 0.00353 e. The molecule has 0 aliphatic heterocycles. The lowest BCUT2D eigenvalue weighted by molar-refractivity contribution is 0.228. The van der Waals surface area contributed by atoms with E-state index in [1.807, 2.05) is 0 Å². The van der Waals surface area contributed by atoms with E-state index in [-0.39, 0.29) is 0 Å². The zero-order valence-corrected chi connectivity index (χ0v) is 8.90. The van der Waals surface area contributed by atoms with Gasteiger partial charge in [0.15, 0.2) is 0 Å². The molecule has 1 fully saturated rings. The Morgan fingerprint density at radius 1 is 1.08 bits per heavy atom. The van der Waals surface area contributed by atoms with Crippen LogP contribution in [0.4, 0.5) is 0 Å². The van der Waals surface area contributed by atoms with Gasteiger partial charge in [-0.05, 0) is 44.2 Å². The Bertz CT molecular complexity index is 121. The Kier molecular flexibility index (Phi) is 3.57. The van der Waals surface area contributed by atoms with Crippen molar-refractivity contribution in [2.75, 3.05) is 19.6 Å². The molecule has 0 amide bonds. The van der Waals surface area contributed by atoms with Gasteiger partial charge in [-0.1, -0.05) is 20.8 Å². The van der Waals surface area contributed by atoms with Crippen molar-refractivity contribution in [3.63, 3.8) is 0 Å². The summed E-state index contributed by atoms with van der Waals surface area (Å²) < 4.78 is 0. The van der Waals surface area contributed by atoms with Gasteiger partial charge in [0, 0.05) is 6.54 Å². The Balaban J connectivity index is 2.22. The molecule has 1 saturated carbocycles. The second-order valence-electron chi connectivity index (χ2n) is 4.59. The molecule has 0 aromatic heterocycles. The molecule has 0 atom stereocenters. The highest BCUT2D eigenvalue weighted by molar-refractivity contribution is 4.91. The van der Waals surface area contributed by atoms with Gasteiger partial charge in [0.05, 0.1) is 0 Å². The molecule has 0 radical (unpaired) electrons. The van der Waals surface area contributed by atoms with Crippen molar-refractivity contribution in [1.29, 1.82) is 0 Å². The van der Waals surface area contributed by atoms with E-state index in [4.69, 9.17) is 0 Å². The third kappa shape index (κ3) is 3.14. The third-order valence-electron chi connectivity index (χ3n) is 2.79. The SMILES string of the molecule is CCCN(CCC)CC1(C)CC1. The van der Waals surface area contributed by atoms with E-state index < -0.39 is 0 Å². The first-order valence-electron chi connectivity index (χ1n) is 5.42. The molecule has 1 nitrogen and oxygen atoms in total. The first kappa shape index (κ1) is 10.0. The van der Waals surface area contributed by atoms with Crippen LogP contribution < -0.4 is 0 Å². The van der Waals surface area contributed by atoms with E-state index in [0.717, 1.165) is 0 Å². The van der Waals surface area contributed by atoms with Gasteiger partial charge in [0.1, 0.15) is 0 Å². The number of nitrogens with zero attached hydrogens (tertiary/aromatic N) is 1. The summed E-state index contributed by atoms with van der Waals surface area (Å²) in [6, 6.07) is 0. The second kappa shape index (κ2) is 4.27. The summed E-state index contributed by atoms with van der Waals surface area (Å²) in [6.07, 6.45) is 5.51. The molecule has 72 valence electrons. The smallest absolute Gasteiger partial charge is 0.00353 e.